The summed E-state index contributed by atoms with van der Waals surface area (Å²) >= 11 is 0. The fraction of sp³-hybridized carbons (Fsp3) is 0.533. The molecule has 1 aliphatic carbocycles. The van der Waals surface area contributed by atoms with Gasteiger partial charge in [-0.15, -0.1) is 0 Å². The largest absolute Gasteiger partial charge is 0.373 e. The van der Waals surface area contributed by atoms with Gasteiger partial charge in [0.25, 0.3) is 0 Å². The Morgan fingerprint density at radius 3 is 2.89 bits per heavy atom. The molecular formula is C15H20N2O. The molecule has 2 aliphatic rings. The van der Waals surface area contributed by atoms with Crippen molar-refractivity contribution in [3.8, 4) is 0 Å². The maximum atomic E-state index is 12.0. The van der Waals surface area contributed by atoms with Crippen molar-refractivity contribution in [2.24, 2.45) is 5.92 Å². The van der Waals surface area contributed by atoms with Gasteiger partial charge in [-0.05, 0) is 24.0 Å². The quantitative estimate of drug-likeness (QED) is 0.853. The number of fused-ring (bicyclic) bond motifs is 1. The zero-order valence-electron chi connectivity index (χ0n) is 10.6. The number of nitrogens with one attached hydrogen (secondary N) is 2. The molecule has 1 aromatic rings. The summed E-state index contributed by atoms with van der Waals surface area (Å²) in [5, 5.41) is 6.35. The lowest BCUT2D eigenvalue weighted by molar-refractivity contribution is -0.121. The number of carbonyl (C=O) groups excluding carboxylic acids is 1. The van der Waals surface area contributed by atoms with Crippen molar-refractivity contribution in [3.05, 3.63) is 29.8 Å². The van der Waals surface area contributed by atoms with Crippen molar-refractivity contribution in [1.29, 1.82) is 0 Å². The Morgan fingerprint density at radius 1 is 1.33 bits per heavy atom. The normalized spacial score (nSPS) is 21.9. The number of hydrogen-bond donors (Lipinski definition) is 2. The van der Waals surface area contributed by atoms with E-state index in [4.69, 9.17) is 0 Å². The van der Waals surface area contributed by atoms with Gasteiger partial charge >= 0.3 is 0 Å². The minimum atomic E-state index is -0.0798. The van der Waals surface area contributed by atoms with E-state index in [1.807, 2.05) is 18.2 Å². The minimum absolute atomic E-state index is 0.0798. The van der Waals surface area contributed by atoms with Crippen LogP contribution in [0.5, 0.6) is 0 Å². The van der Waals surface area contributed by atoms with Crippen LogP contribution in [0.3, 0.4) is 0 Å². The molecule has 1 amide bonds. The van der Waals surface area contributed by atoms with Crippen LogP contribution < -0.4 is 10.6 Å². The van der Waals surface area contributed by atoms with Crippen molar-refractivity contribution in [3.63, 3.8) is 0 Å². The van der Waals surface area contributed by atoms with Gasteiger partial charge in [0.15, 0.2) is 0 Å². The third-order valence-electron chi connectivity index (χ3n) is 4.16. The minimum Gasteiger partial charge on any atom is -0.373 e. The Balaban J connectivity index is 1.46. The third-order valence-corrected chi connectivity index (χ3v) is 4.16. The molecule has 1 fully saturated rings. The van der Waals surface area contributed by atoms with Crippen LogP contribution in [0.1, 0.15) is 31.2 Å². The molecule has 0 aromatic heterocycles. The van der Waals surface area contributed by atoms with E-state index >= 15 is 0 Å². The fourth-order valence-corrected chi connectivity index (χ4v) is 2.76. The first kappa shape index (κ1) is 11.6. The first-order valence-electron chi connectivity index (χ1n) is 6.95. The second kappa shape index (κ2) is 5.01. The van der Waals surface area contributed by atoms with Crippen LogP contribution in [-0.4, -0.2) is 18.5 Å². The smallest absolute Gasteiger partial charge is 0.242 e. The maximum Gasteiger partial charge on any atom is 0.242 e. The van der Waals surface area contributed by atoms with E-state index in [-0.39, 0.29) is 11.9 Å². The van der Waals surface area contributed by atoms with Crippen LogP contribution in [0, 0.1) is 5.92 Å². The predicted molar refractivity (Wildman–Crippen MR) is 72.5 cm³/mol. The summed E-state index contributed by atoms with van der Waals surface area (Å²) in [6.07, 6.45) is 6.03. The van der Waals surface area contributed by atoms with Gasteiger partial charge in [-0.1, -0.05) is 37.5 Å². The van der Waals surface area contributed by atoms with Gasteiger partial charge in [0.05, 0.1) is 0 Å². The van der Waals surface area contributed by atoms with Crippen molar-refractivity contribution >= 4 is 11.6 Å². The Kier molecular flexibility index (Phi) is 3.22. The van der Waals surface area contributed by atoms with Gasteiger partial charge in [0.1, 0.15) is 6.04 Å². The predicted octanol–water partition coefficient (Wildman–Crippen LogP) is 2.33. The highest BCUT2D eigenvalue weighted by molar-refractivity contribution is 5.87. The van der Waals surface area contributed by atoms with E-state index in [0.717, 1.165) is 31.0 Å². The van der Waals surface area contributed by atoms with Gasteiger partial charge < -0.3 is 10.6 Å². The molecule has 2 N–H and O–H groups in total. The SMILES string of the molecule is O=C(NCCC1CCC1)[C@@H]1Cc2ccccc2N1. The Labute approximate surface area is 108 Å². The number of benzene rings is 1. The van der Waals surface area contributed by atoms with Crippen LogP contribution in [0.2, 0.25) is 0 Å². The average molecular weight is 244 g/mol. The summed E-state index contributed by atoms with van der Waals surface area (Å²) in [5.41, 5.74) is 2.35. The number of amides is 1. The molecule has 0 unspecified atom stereocenters. The topological polar surface area (TPSA) is 41.1 Å². The molecule has 1 aliphatic heterocycles. The van der Waals surface area contributed by atoms with Crippen molar-refractivity contribution in [2.45, 2.75) is 38.1 Å². The first-order valence-corrected chi connectivity index (χ1v) is 6.95. The van der Waals surface area contributed by atoms with E-state index in [1.165, 1.54) is 24.8 Å². The Morgan fingerprint density at radius 2 is 2.17 bits per heavy atom. The van der Waals surface area contributed by atoms with E-state index < -0.39 is 0 Å². The number of carbonyl (C=O) groups is 1. The highest BCUT2D eigenvalue weighted by atomic mass is 16.2. The summed E-state index contributed by atoms with van der Waals surface area (Å²) in [6.45, 7) is 0.831. The van der Waals surface area contributed by atoms with Crippen LogP contribution in [0.15, 0.2) is 24.3 Å². The number of anilines is 1. The molecule has 0 bridgehead atoms. The first-order chi connectivity index (χ1) is 8.83. The average Bonchev–Trinajstić information content (AvgIpc) is 2.75. The molecular weight excluding hydrogens is 224 g/mol. The summed E-state index contributed by atoms with van der Waals surface area (Å²) < 4.78 is 0. The lowest BCUT2D eigenvalue weighted by atomic mass is 9.83. The third kappa shape index (κ3) is 2.35. The van der Waals surface area contributed by atoms with Gasteiger partial charge in [0, 0.05) is 18.7 Å². The molecule has 0 spiro atoms. The molecule has 1 heterocycles. The van der Waals surface area contributed by atoms with Gasteiger partial charge in [0.2, 0.25) is 5.91 Å². The summed E-state index contributed by atoms with van der Waals surface area (Å²) in [7, 11) is 0. The summed E-state index contributed by atoms with van der Waals surface area (Å²) in [4.78, 5) is 12.0. The molecule has 3 heteroatoms. The Hall–Kier alpha value is -1.51. The van der Waals surface area contributed by atoms with Gasteiger partial charge in [-0.3, -0.25) is 4.79 Å². The van der Waals surface area contributed by atoms with Gasteiger partial charge in [-0.2, -0.15) is 0 Å². The monoisotopic (exact) mass is 244 g/mol. The van der Waals surface area contributed by atoms with E-state index in [0.29, 0.717) is 0 Å². The Bertz CT molecular complexity index is 415. The van der Waals surface area contributed by atoms with Crippen molar-refractivity contribution in [2.75, 3.05) is 11.9 Å². The van der Waals surface area contributed by atoms with Crippen molar-refractivity contribution in [1.82, 2.24) is 5.32 Å². The highest BCUT2D eigenvalue weighted by Crippen LogP contribution is 2.29. The maximum absolute atomic E-state index is 12.0. The molecule has 1 saturated carbocycles. The summed E-state index contributed by atoms with van der Waals surface area (Å²) in [6, 6.07) is 8.07. The number of hydrogen-bond acceptors (Lipinski definition) is 2. The zero-order chi connectivity index (χ0) is 12.4. The van der Waals surface area contributed by atoms with Crippen LogP contribution in [0.4, 0.5) is 5.69 Å². The molecule has 3 rings (SSSR count). The standard InChI is InChI=1S/C15H20N2O/c18-15(16-9-8-11-4-3-5-11)14-10-12-6-1-2-7-13(12)17-14/h1-2,6-7,11,14,17H,3-5,8-10H2,(H,16,18)/t14-/m0/s1. The molecule has 1 aromatic carbocycles. The molecule has 96 valence electrons. The lowest BCUT2D eigenvalue weighted by Crippen LogP contribution is -2.39. The molecule has 0 saturated heterocycles. The van der Waals surface area contributed by atoms with Gasteiger partial charge in [-0.25, -0.2) is 0 Å². The number of para-hydroxylation sites is 1. The van der Waals surface area contributed by atoms with Crippen LogP contribution in [0.25, 0.3) is 0 Å². The summed E-state index contributed by atoms with van der Waals surface area (Å²) in [5.74, 6) is 1.00. The molecule has 18 heavy (non-hydrogen) atoms. The molecule has 0 radical (unpaired) electrons. The fourth-order valence-electron chi connectivity index (χ4n) is 2.76. The van der Waals surface area contributed by atoms with E-state index in [2.05, 4.69) is 16.7 Å². The number of rotatable bonds is 4. The zero-order valence-corrected chi connectivity index (χ0v) is 10.6. The molecule has 1 atom stereocenters. The molecule has 3 nitrogen and oxygen atoms in total. The lowest BCUT2D eigenvalue weighted by Gasteiger charge is -2.25. The van der Waals surface area contributed by atoms with E-state index in [1.54, 1.807) is 0 Å². The van der Waals surface area contributed by atoms with E-state index in [9.17, 15) is 4.79 Å². The van der Waals surface area contributed by atoms with Crippen LogP contribution >= 0.6 is 0 Å². The second-order valence-corrected chi connectivity index (χ2v) is 5.43. The second-order valence-electron chi connectivity index (χ2n) is 5.43. The highest BCUT2D eigenvalue weighted by Gasteiger charge is 2.26. The van der Waals surface area contributed by atoms with Crippen molar-refractivity contribution < 1.29 is 4.79 Å². The van der Waals surface area contributed by atoms with Crippen LogP contribution in [-0.2, 0) is 11.2 Å².